The monoisotopic (exact) mass is 532 g/mol. The number of nitrogens with zero attached hydrogens (tertiary/aromatic N) is 5. The third-order valence-electron chi connectivity index (χ3n) is 4.68. The van der Waals surface area contributed by atoms with Crippen LogP contribution in [0.3, 0.4) is 0 Å². The number of aliphatic carboxylic acids is 1. The molecule has 1 fully saturated rings. The molecule has 0 bridgehead atoms. The Kier molecular flexibility index (Phi) is 6.81. The molecule has 0 saturated carbocycles. The Labute approximate surface area is 204 Å². The fourth-order valence-corrected chi connectivity index (χ4v) is 6.81. The Bertz CT molecular complexity index is 1150. The van der Waals surface area contributed by atoms with Gasteiger partial charge in [0.1, 0.15) is 21.6 Å². The van der Waals surface area contributed by atoms with E-state index < -0.39 is 29.2 Å². The summed E-state index contributed by atoms with van der Waals surface area (Å²) in [7, 11) is 1.68. The zero-order chi connectivity index (χ0) is 23.0. The molecule has 1 saturated heterocycles. The van der Waals surface area contributed by atoms with Gasteiger partial charge in [0, 0.05) is 23.4 Å². The number of aromatic nitrogens is 4. The predicted octanol–water partition coefficient (Wildman–Crippen LogP) is 1.95. The molecule has 32 heavy (non-hydrogen) atoms. The van der Waals surface area contributed by atoms with E-state index in [0.29, 0.717) is 27.1 Å². The number of carbonyl (C=O) groups is 3. The van der Waals surface area contributed by atoms with Gasteiger partial charge in [-0.1, -0.05) is 41.0 Å². The van der Waals surface area contributed by atoms with E-state index >= 15 is 0 Å². The number of nitrogens with one attached hydrogen (secondary N) is 1. The molecule has 2 aromatic rings. The molecule has 2 aliphatic rings. The molecule has 0 aliphatic carbocycles. The Morgan fingerprint density at radius 3 is 2.78 bits per heavy atom. The van der Waals surface area contributed by atoms with Crippen LogP contribution < -0.4 is 5.32 Å². The third kappa shape index (κ3) is 4.27. The van der Waals surface area contributed by atoms with Crippen molar-refractivity contribution < 1.29 is 19.5 Å². The lowest BCUT2D eigenvalue weighted by molar-refractivity contribution is -0.150. The van der Waals surface area contributed by atoms with Crippen molar-refractivity contribution in [1.29, 1.82) is 0 Å². The number of thiophene rings is 1. The normalized spacial score (nSPS) is 20.0. The molecular weight excluding hydrogens is 519 g/mol. The van der Waals surface area contributed by atoms with E-state index in [0.717, 1.165) is 0 Å². The second-order valence-electron chi connectivity index (χ2n) is 6.60. The Balaban J connectivity index is 1.51. The van der Waals surface area contributed by atoms with Crippen LogP contribution >= 0.6 is 58.1 Å². The van der Waals surface area contributed by atoms with E-state index in [9.17, 15) is 19.5 Å². The van der Waals surface area contributed by atoms with Crippen molar-refractivity contribution in [1.82, 2.24) is 30.4 Å². The molecule has 2 aliphatic heterocycles. The van der Waals surface area contributed by atoms with Crippen LogP contribution in [0.2, 0.25) is 0 Å². The lowest BCUT2D eigenvalue weighted by atomic mass is 10.0. The largest absolute Gasteiger partial charge is 0.477 e. The summed E-state index contributed by atoms with van der Waals surface area (Å²) < 4.78 is 1.26. The van der Waals surface area contributed by atoms with Gasteiger partial charge in [-0.15, -0.1) is 28.2 Å². The van der Waals surface area contributed by atoms with E-state index in [1.54, 1.807) is 24.6 Å². The molecule has 4 heterocycles. The molecule has 168 valence electrons. The highest BCUT2D eigenvalue weighted by Gasteiger charge is 2.54. The number of fused-ring (bicyclic) bond motifs is 1. The van der Waals surface area contributed by atoms with Gasteiger partial charge >= 0.3 is 5.97 Å². The van der Waals surface area contributed by atoms with Gasteiger partial charge in [0.2, 0.25) is 5.16 Å². The quantitative estimate of drug-likeness (QED) is 0.312. The molecular formula is C17H14Cl2N6O4S3. The maximum atomic E-state index is 12.8. The molecule has 0 aromatic carbocycles. The molecule has 1 unspecified atom stereocenters. The summed E-state index contributed by atoms with van der Waals surface area (Å²) in [5, 5.41) is 25.3. The van der Waals surface area contributed by atoms with Crippen molar-refractivity contribution in [3.8, 4) is 0 Å². The average Bonchev–Trinajstić information content (AvgIpc) is 3.41. The molecule has 0 spiro atoms. The maximum Gasteiger partial charge on any atom is 0.352 e. The van der Waals surface area contributed by atoms with E-state index in [2.05, 4.69) is 20.8 Å². The fourth-order valence-electron chi connectivity index (χ4n) is 3.21. The highest BCUT2D eigenvalue weighted by atomic mass is 35.5. The van der Waals surface area contributed by atoms with Gasteiger partial charge in [-0.3, -0.25) is 14.5 Å². The first-order chi connectivity index (χ1) is 15.3. The highest BCUT2D eigenvalue weighted by Crippen LogP contribution is 2.42. The molecule has 15 heteroatoms. The molecule has 2 N–H and O–H groups in total. The van der Waals surface area contributed by atoms with Gasteiger partial charge in [0.25, 0.3) is 11.8 Å². The molecule has 4 rings (SSSR count). The van der Waals surface area contributed by atoms with Crippen molar-refractivity contribution in [3.63, 3.8) is 0 Å². The zero-order valence-electron chi connectivity index (χ0n) is 16.2. The number of amides is 2. The number of rotatable bonds is 7. The molecule has 2 amide bonds. The van der Waals surface area contributed by atoms with E-state index in [1.807, 2.05) is 0 Å². The summed E-state index contributed by atoms with van der Waals surface area (Å²) in [5.74, 6) is -1.62. The fraction of sp³-hybridized carbons (Fsp3) is 0.294. The number of carboxylic acid groups (broad SMARTS) is 1. The van der Waals surface area contributed by atoms with Crippen LogP contribution in [0.4, 0.5) is 0 Å². The Hall–Kier alpha value is -2.06. The smallest absolute Gasteiger partial charge is 0.352 e. The number of hydrogen-bond donors (Lipinski definition) is 2. The van der Waals surface area contributed by atoms with Crippen molar-refractivity contribution >= 4 is 81.4 Å². The minimum Gasteiger partial charge on any atom is -0.477 e. The van der Waals surface area contributed by atoms with E-state index in [1.165, 1.54) is 44.4 Å². The number of carbonyl (C=O) groups excluding carboxylic acids is 2. The van der Waals surface area contributed by atoms with E-state index in [-0.39, 0.29) is 15.8 Å². The standard InChI is InChI=1S/C17H14Cl2N6O4S3/c1-24-17(21-22-23-24)32-6-7-5-31-15-10(14(27)25(15)11(7)16(28)29)20-13(26)9(12(18)19)8-3-2-4-30-8/h2-4,10,15H,5-6H2,1H3,(H,20,26)(H,28,29)/t10?,15-/m0/s1. The lowest BCUT2D eigenvalue weighted by Crippen LogP contribution is -2.70. The number of carboxylic acids is 1. The second-order valence-corrected chi connectivity index (χ2v) is 10.5. The summed E-state index contributed by atoms with van der Waals surface area (Å²) in [6, 6.07) is 2.55. The van der Waals surface area contributed by atoms with Gasteiger partial charge in [-0.2, -0.15) is 0 Å². The Morgan fingerprint density at radius 2 is 2.19 bits per heavy atom. The molecule has 0 radical (unpaired) electrons. The lowest BCUT2D eigenvalue weighted by Gasteiger charge is -2.49. The van der Waals surface area contributed by atoms with E-state index in [4.69, 9.17) is 23.2 Å². The van der Waals surface area contributed by atoms with Gasteiger partial charge in [0.05, 0.1) is 5.57 Å². The van der Waals surface area contributed by atoms with Crippen molar-refractivity contribution in [3.05, 3.63) is 38.2 Å². The first-order valence-corrected chi connectivity index (χ1v) is 12.6. The van der Waals surface area contributed by atoms with Crippen LogP contribution in [-0.4, -0.2) is 70.9 Å². The summed E-state index contributed by atoms with van der Waals surface area (Å²) >= 11 is 15.7. The summed E-state index contributed by atoms with van der Waals surface area (Å²) in [6.45, 7) is 0. The number of halogens is 2. The van der Waals surface area contributed by atoms with Crippen LogP contribution in [0.25, 0.3) is 5.57 Å². The van der Waals surface area contributed by atoms with Crippen molar-refractivity contribution in [2.45, 2.75) is 16.6 Å². The van der Waals surface area contributed by atoms with Crippen LogP contribution in [0.1, 0.15) is 4.88 Å². The number of thioether (sulfide) groups is 2. The third-order valence-corrected chi connectivity index (χ3v) is 8.38. The van der Waals surface area contributed by atoms with Gasteiger partial charge in [0.15, 0.2) is 0 Å². The van der Waals surface area contributed by atoms with Gasteiger partial charge in [-0.25, -0.2) is 9.48 Å². The number of tetrazole rings is 1. The van der Waals surface area contributed by atoms with Crippen LogP contribution in [0.5, 0.6) is 0 Å². The zero-order valence-corrected chi connectivity index (χ0v) is 20.2. The number of aryl methyl sites for hydroxylation is 1. The molecule has 2 aromatic heterocycles. The minimum atomic E-state index is -1.21. The molecule has 10 nitrogen and oxygen atoms in total. The first kappa shape index (κ1) is 23.1. The SMILES string of the molecule is Cn1nnnc1SCC1=C(C(=O)O)N2C(=O)C(NC(=O)C(=C(Cl)Cl)c3cccs3)[C@@H]2SC1. The second kappa shape index (κ2) is 9.43. The highest BCUT2D eigenvalue weighted by molar-refractivity contribution is 8.01. The maximum absolute atomic E-state index is 12.8. The van der Waals surface area contributed by atoms with Crippen molar-refractivity contribution in [2.24, 2.45) is 7.05 Å². The first-order valence-electron chi connectivity index (χ1n) is 8.94. The minimum absolute atomic E-state index is 0.0683. The van der Waals surface area contributed by atoms with Crippen LogP contribution in [0.15, 0.2) is 38.4 Å². The Morgan fingerprint density at radius 1 is 1.41 bits per heavy atom. The van der Waals surface area contributed by atoms with Crippen LogP contribution in [-0.2, 0) is 21.4 Å². The number of β-lactam (4-membered cyclic amide) rings is 1. The molecule has 2 atom stereocenters. The summed E-state index contributed by atoms with van der Waals surface area (Å²) in [4.78, 5) is 39.4. The number of hydrogen-bond acceptors (Lipinski definition) is 9. The van der Waals surface area contributed by atoms with Gasteiger partial charge in [-0.05, 0) is 27.4 Å². The summed E-state index contributed by atoms with van der Waals surface area (Å²) in [6.07, 6.45) is 0. The van der Waals surface area contributed by atoms with Crippen LogP contribution in [0, 0.1) is 0 Å². The topological polar surface area (TPSA) is 130 Å². The average molecular weight is 533 g/mol. The predicted molar refractivity (Wildman–Crippen MR) is 122 cm³/mol. The summed E-state index contributed by atoms with van der Waals surface area (Å²) in [5.41, 5.74) is 0.572. The van der Waals surface area contributed by atoms with Crippen molar-refractivity contribution in [2.75, 3.05) is 11.5 Å². The van der Waals surface area contributed by atoms with Gasteiger partial charge < -0.3 is 10.4 Å².